The van der Waals surface area contributed by atoms with Crippen LogP contribution in [0.2, 0.25) is 0 Å². The molecule has 1 aromatic carbocycles. The number of likely N-dealkylation sites (tertiary alicyclic amines) is 2. The lowest BCUT2D eigenvalue weighted by molar-refractivity contribution is 0.272. The van der Waals surface area contributed by atoms with Gasteiger partial charge in [-0.1, -0.05) is 30.3 Å². The summed E-state index contributed by atoms with van der Waals surface area (Å²) in [5.74, 6) is 1.85. The largest absolute Gasteiger partial charge is 0.306 e. The van der Waals surface area contributed by atoms with Gasteiger partial charge in [0.2, 0.25) is 0 Å². The maximum absolute atomic E-state index is 2.62. The lowest BCUT2D eigenvalue weighted by Crippen LogP contribution is -2.26. The molecule has 2 aliphatic rings. The van der Waals surface area contributed by atoms with Crippen LogP contribution in [0.15, 0.2) is 30.3 Å². The van der Waals surface area contributed by atoms with E-state index in [0.717, 1.165) is 18.4 Å². The van der Waals surface area contributed by atoms with Crippen molar-refractivity contribution in [1.82, 2.24) is 9.80 Å². The fourth-order valence-corrected chi connectivity index (χ4v) is 3.30. The summed E-state index contributed by atoms with van der Waals surface area (Å²) in [6.07, 6.45) is 0. The standard InChI is InChI=1S/C14H20N2/c1-15-8-13-10-16(11-14(13)9-15)7-12-5-3-2-4-6-12/h2-6,13-14H,7-11H2,1H3/t13-,14+. The van der Waals surface area contributed by atoms with Crippen molar-refractivity contribution in [3.05, 3.63) is 35.9 Å². The lowest BCUT2D eigenvalue weighted by Gasteiger charge is -2.18. The molecule has 0 amide bonds. The van der Waals surface area contributed by atoms with Crippen molar-refractivity contribution >= 4 is 0 Å². The Bertz CT molecular complexity index is 335. The number of hydrogen-bond acceptors (Lipinski definition) is 2. The monoisotopic (exact) mass is 216 g/mol. The summed E-state index contributed by atoms with van der Waals surface area (Å²) >= 11 is 0. The molecule has 0 unspecified atom stereocenters. The summed E-state index contributed by atoms with van der Waals surface area (Å²) in [4.78, 5) is 5.10. The van der Waals surface area contributed by atoms with E-state index in [2.05, 4.69) is 47.2 Å². The molecule has 0 bridgehead atoms. The second-order valence-electron chi connectivity index (χ2n) is 5.42. The van der Waals surface area contributed by atoms with Gasteiger partial charge in [0.05, 0.1) is 0 Å². The van der Waals surface area contributed by atoms with Crippen LogP contribution in [0.25, 0.3) is 0 Å². The number of rotatable bonds is 2. The fourth-order valence-electron chi connectivity index (χ4n) is 3.30. The number of hydrogen-bond donors (Lipinski definition) is 0. The first kappa shape index (κ1) is 10.3. The molecule has 0 aromatic heterocycles. The van der Waals surface area contributed by atoms with Crippen LogP contribution in [-0.4, -0.2) is 43.0 Å². The minimum absolute atomic E-state index is 0.925. The molecule has 2 fully saturated rings. The first-order valence-electron chi connectivity index (χ1n) is 6.26. The van der Waals surface area contributed by atoms with E-state index >= 15 is 0 Å². The first-order chi connectivity index (χ1) is 7.81. The van der Waals surface area contributed by atoms with Crippen LogP contribution < -0.4 is 0 Å². The van der Waals surface area contributed by atoms with Gasteiger partial charge in [0, 0.05) is 32.7 Å². The van der Waals surface area contributed by atoms with Gasteiger partial charge in [-0.25, -0.2) is 0 Å². The molecule has 1 aromatic rings. The Balaban J connectivity index is 1.60. The van der Waals surface area contributed by atoms with Crippen LogP contribution in [0.5, 0.6) is 0 Å². The van der Waals surface area contributed by atoms with Gasteiger partial charge in [-0.2, -0.15) is 0 Å². The second-order valence-corrected chi connectivity index (χ2v) is 5.42. The smallest absolute Gasteiger partial charge is 0.0233 e. The van der Waals surface area contributed by atoms with E-state index in [0.29, 0.717) is 0 Å². The maximum atomic E-state index is 2.62. The van der Waals surface area contributed by atoms with Crippen LogP contribution in [0.3, 0.4) is 0 Å². The minimum atomic E-state index is 0.925. The van der Waals surface area contributed by atoms with Gasteiger partial charge in [0.15, 0.2) is 0 Å². The average Bonchev–Trinajstić information content (AvgIpc) is 2.76. The van der Waals surface area contributed by atoms with Crippen molar-refractivity contribution in [2.45, 2.75) is 6.54 Å². The molecular weight excluding hydrogens is 196 g/mol. The normalized spacial score (nSPS) is 30.8. The van der Waals surface area contributed by atoms with Gasteiger partial charge in [0.1, 0.15) is 0 Å². The summed E-state index contributed by atoms with van der Waals surface area (Å²) < 4.78 is 0. The molecule has 2 saturated heterocycles. The predicted octanol–water partition coefficient (Wildman–Crippen LogP) is 1.68. The highest BCUT2D eigenvalue weighted by Crippen LogP contribution is 2.30. The Kier molecular flexibility index (Phi) is 2.70. The molecule has 0 spiro atoms. The molecule has 2 nitrogen and oxygen atoms in total. The van der Waals surface area contributed by atoms with Gasteiger partial charge < -0.3 is 4.90 Å². The van der Waals surface area contributed by atoms with Gasteiger partial charge in [-0.3, -0.25) is 4.90 Å². The fraction of sp³-hybridized carbons (Fsp3) is 0.571. The SMILES string of the molecule is CN1C[C@@H]2CN(Cc3ccccc3)C[C@@H]2C1. The van der Waals surface area contributed by atoms with Gasteiger partial charge >= 0.3 is 0 Å². The molecule has 2 heterocycles. The highest BCUT2D eigenvalue weighted by Gasteiger charge is 2.38. The van der Waals surface area contributed by atoms with Crippen LogP contribution in [-0.2, 0) is 6.54 Å². The molecule has 16 heavy (non-hydrogen) atoms. The summed E-state index contributed by atoms with van der Waals surface area (Å²) in [6.45, 7) is 6.33. The van der Waals surface area contributed by atoms with Gasteiger partial charge in [-0.05, 0) is 24.4 Å². The van der Waals surface area contributed by atoms with E-state index in [1.807, 2.05) is 0 Å². The molecule has 2 heteroatoms. The quantitative estimate of drug-likeness (QED) is 0.742. The van der Waals surface area contributed by atoms with E-state index in [1.54, 1.807) is 0 Å². The van der Waals surface area contributed by atoms with Crippen molar-refractivity contribution < 1.29 is 0 Å². The topological polar surface area (TPSA) is 6.48 Å². The van der Waals surface area contributed by atoms with Crippen LogP contribution in [0.1, 0.15) is 5.56 Å². The number of fused-ring (bicyclic) bond motifs is 1. The number of benzene rings is 1. The third-order valence-corrected chi connectivity index (χ3v) is 3.99. The average molecular weight is 216 g/mol. The molecule has 3 rings (SSSR count). The summed E-state index contributed by atoms with van der Waals surface area (Å²) in [7, 11) is 2.25. The molecule has 0 saturated carbocycles. The molecule has 2 aliphatic heterocycles. The lowest BCUT2D eigenvalue weighted by atomic mass is 10.0. The molecule has 86 valence electrons. The third kappa shape index (κ3) is 2.00. The first-order valence-corrected chi connectivity index (χ1v) is 6.26. The predicted molar refractivity (Wildman–Crippen MR) is 66.2 cm³/mol. The van der Waals surface area contributed by atoms with Crippen molar-refractivity contribution in [2.24, 2.45) is 11.8 Å². The van der Waals surface area contributed by atoms with E-state index in [1.165, 1.54) is 31.7 Å². The zero-order valence-electron chi connectivity index (χ0n) is 9.97. The van der Waals surface area contributed by atoms with Gasteiger partial charge in [-0.15, -0.1) is 0 Å². The molecular formula is C14H20N2. The highest BCUT2D eigenvalue weighted by molar-refractivity contribution is 5.14. The Labute approximate surface area is 97.9 Å². The Morgan fingerprint density at radius 2 is 1.62 bits per heavy atom. The molecule has 2 atom stereocenters. The molecule has 0 radical (unpaired) electrons. The van der Waals surface area contributed by atoms with E-state index < -0.39 is 0 Å². The van der Waals surface area contributed by atoms with Crippen LogP contribution in [0, 0.1) is 11.8 Å². The van der Waals surface area contributed by atoms with Crippen LogP contribution in [0.4, 0.5) is 0 Å². The minimum Gasteiger partial charge on any atom is -0.306 e. The summed E-state index contributed by atoms with van der Waals surface area (Å²) in [5.41, 5.74) is 1.45. The Hall–Kier alpha value is -0.860. The molecule has 0 aliphatic carbocycles. The van der Waals surface area contributed by atoms with Crippen molar-refractivity contribution in [3.63, 3.8) is 0 Å². The summed E-state index contributed by atoms with van der Waals surface area (Å²) in [6, 6.07) is 10.8. The Morgan fingerprint density at radius 3 is 2.25 bits per heavy atom. The van der Waals surface area contributed by atoms with E-state index in [9.17, 15) is 0 Å². The zero-order chi connectivity index (χ0) is 11.0. The van der Waals surface area contributed by atoms with E-state index in [4.69, 9.17) is 0 Å². The third-order valence-electron chi connectivity index (χ3n) is 3.99. The van der Waals surface area contributed by atoms with Gasteiger partial charge in [0.25, 0.3) is 0 Å². The highest BCUT2D eigenvalue weighted by atomic mass is 15.2. The summed E-state index contributed by atoms with van der Waals surface area (Å²) in [5, 5.41) is 0. The van der Waals surface area contributed by atoms with Crippen LogP contribution >= 0.6 is 0 Å². The second kappa shape index (κ2) is 4.19. The van der Waals surface area contributed by atoms with E-state index in [-0.39, 0.29) is 0 Å². The van der Waals surface area contributed by atoms with Crippen molar-refractivity contribution in [2.75, 3.05) is 33.2 Å². The maximum Gasteiger partial charge on any atom is 0.0233 e. The Morgan fingerprint density at radius 1 is 1.00 bits per heavy atom. The van der Waals surface area contributed by atoms with Crippen molar-refractivity contribution in [3.8, 4) is 0 Å². The molecule has 0 N–H and O–H groups in total. The number of nitrogens with zero attached hydrogens (tertiary/aromatic N) is 2. The van der Waals surface area contributed by atoms with Crippen molar-refractivity contribution in [1.29, 1.82) is 0 Å². The zero-order valence-corrected chi connectivity index (χ0v) is 9.97.